The topological polar surface area (TPSA) is 38.8 Å². The van der Waals surface area contributed by atoms with Crippen LogP contribution in [0.1, 0.15) is 32.3 Å². The first-order valence-electron chi connectivity index (χ1n) is 8.30. The maximum atomic E-state index is 12.5. The molecule has 1 aromatic rings. The number of rotatable bonds is 4. The number of piperidine rings is 1. The first kappa shape index (κ1) is 15.3. The van der Waals surface area contributed by atoms with E-state index in [0.717, 1.165) is 37.2 Å². The molecule has 0 unspecified atom stereocenters. The molecule has 1 aromatic carbocycles. The van der Waals surface area contributed by atoms with Crippen LogP contribution in [0.25, 0.3) is 0 Å². The molecule has 0 bridgehead atoms. The fourth-order valence-electron chi connectivity index (χ4n) is 3.58. The number of benzene rings is 1. The zero-order chi connectivity index (χ0) is 15.5. The van der Waals surface area contributed by atoms with Crippen molar-refractivity contribution in [2.45, 2.75) is 45.3 Å². The molecule has 0 saturated carbocycles. The van der Waals surface area contributed by atoms with Gasteiger partial charge in [0.1, 0.15) is 5.75 Å². The van der Waals surface area contributed by atoms with Gasteiger partial charge in [0.05, 0.1) is 25.2 Å². The Kier molecular flexibility index (Phi) is 4.67. The molecule has 2 heterocycles. The van der Waals surface area contributed by atoms with Crippen molar-refractivity contribution in [3.05, 3.63) is 29.8 Å². The lowest BCUT2D eigenvalue weighted by molar-refractivity contribution is -0.133. The Balaban J connectivity index is 1.55. The Morgan fingerprint density at radius 1 is 1.36 bits per heavy atom. The van der Waals surface area contributed by atoms with Crippen molar-refractivity contribution >= 4 is 5.91 Å². The molecule has 2 fully saturated rings. The third-order valence-electron chi connectivity index (χ3n) is 4.65. The number of hydrogen-bond donors (Lipinski definition) is 0. The van der Waals surface area contributed by atoms with E-state index >= 15 is 0 Å². The molecule has 2 aliphatic rings. The number of carbonyl (C=O) groups is 1. The van der Waals surface area contributed by atoms with Crippen LogP contribution in [0.3, 0.4) is 0 Å². The number of fused-ring (bicyclic) bond motifs is 1. The minimum Gasteiger partial charge on any atom is -0.494 e. The molecule has 2 saturated heterocycles. The molecule has 0 N–H and O–H groups in total. The third kappa shape index (κ3) is 3.43. The smallest absolute Gasteiger partial charge is 0.227 e. The Bertz CT molecular complexity index is 514. The normalized spacial score (nSPS) is 27.5. The largest absolute Gasteiger partial charge is 0.494 e. The number of carbonyl (C=O) groups excluding carboxylic acids is 1. The number of hydrogen-bond acceptors (Lipinski definition) is 3. The van der Waals surface area contributed by atoms with Gasteiger partial charge in [0.25, 0.3) is 0 Å². The fourth-order valence-corrected chi connectivity index (χ4v) is 3.58. The van der Waals surface area contributed by atoms with Crippen molar-refractivity contribution in [1.82, 2.24) is 4.90 Å². The van der Waals surface area contributed by atoms with Gasteiger partial charge < -0.3 is 14.4 Å². The van der Waals surface area contributed by atoms with Crippen molar-refractivity contribution in [2.24, 2.45) is 5.92 Å². The SMILES string of the molecule is CCOc1ccc(CC(=O)N2CC[C@H]3O[C@@H](C)C[C@H]3C2)cc1. The molecule has 0 radical (unpaired) electrons. The lowest BCUT2D eigenvalue weighted by Gasteiger charge is -2.34. The highest BCUT2D eigenvalue weighted by molar-refractivity contribution is 5.79. The molecule has 2 aliphatic heterocycles. The van der Waals surface area contributed by atoms with Gasteiger partial charge in [0.2, 0.25) is 5.91 Å². The summed E-state index contributed by atoms with van der Waals surface area (Å²) in [4.78, 5) is 14.5. The molecule has 1 amide bonds. The number of amides is 1. The van der Waals surface area contributed by atoms with Crippen LogP contribution in [0.2, 0.25) is 0 Å². The fraction of sp³-hybridized carbons (Fsp3) is 0.611. The zero-order valence-electron chi connectivity index (χ0n) is 13.5. The van der Waals surface area contributed by atoms with E-state index in [1.807, 2.05) is 36.1 Å². The van der Waals surface area contributed by atoms with Crippen molar-refractivity contribution in [2.75, 3.05) is 19.7 Å². The minimum absolute atomic E-state index is 0.224. The molecule has 4 heteroatoms. The standard InChI is InChI=1S/C18H25NO3/c1-3-21-16-6-4-14(5-7-16)11-18(20)19-9-8-17-15(12-19)10-13(2)22-17/h4-7,13,15,17H,3,8-12H2,1-2H3/t13-,15-,17+/m0/s1. The van der Waals surface area contributed by atoms with Crippen LogP contribution in [0.5, 0.6) is 5.75 Å². The van der Waals surface area contributed by atoms with E-state index in [4.69, 9.17) is 9.47 Å². The molecule has 120 valence electrons. The van der Waals surface area contributed by atoms with Gasteiger partial charge in [0, 0.05) is 19.0 Å². The molecule has 3 rings (SSSR count). The molecule has 0 aliphatic carbocycles. The monoisotopic (exact) mass is 303 g/mol. The summed E-state index contributed by atoms with van der Waals surface area (Å²) in [5, 5.41) is 0. The highest BCUT2D eigenvalue weighted by atomic mass is 16.5. The molecular weight excluding hydrogens is 278 g/mol. The van der Waals surface area contributed by atoms with E-state index in [1.165, 1.54) is 0 Å². The van der Waals surface area contributed by atoms with E-state index in [0.29, 0.717) is 31.2 Å². The quantitative estimate of drug-likeness (QED) is 0.858. The van der Waals surface area contributed by atoms with Gasteiger partial charge in [-0.25, -0.2) is 0 Å². The Morgan fingerprint density at radius 2 is 2.14 bits per heavy atom. The molecule has 0 aromatic heterocycles. The summed E-state index contributed by atoms with van der Waals surface area (Å²) in [6.45, 7) is 6.43. The summed E-state index contributed by atoms with van der Waals surface area (Å²) in [6.07, 6.45) is 3.24. The zero-order valence-corrected chi connectivity index (χ0v) is 13.5. The number of nitrogens with zero attached hydrogens (tertiary/aromatic N) is 1. The van der Waals surface area contributed by atoms with E-state index in [2.05, 4.69) is 6.92 Å². The van der Waals surface area contributed by atoms with Crippen molar-refractivity contribution in [3.8, 4) is 5.75 Å². The number of likely N-dealkylation sites (tertiary alicyclic amines) is 1. The van der Waals surface area contributed by atoms with Crippen LogP contribution >= 0.6 is 0 Å². The van der Waals surface area contributed by atoms with Crippen LogP contribution in [0.4, 0.5) is 0 Å². The van der Waals surface area contributed by atoms with Crippen molar-refractivity contribution in [1.29, 1.82) is 0 Å². The highest BCUT2D eigenvalue weighted by Crippen LogP contribution is 2.32. The first-order chi connectivity index (χ1) is 10.7. The van der Waals surface area contributed by atoms with Gasteiger partial charge in [-0.3, -0.25) is 4.79 Å². The van der Waals surface area contributed by atoms with Gasteiger partial charge in [-0.15, -0.1) is 0 Å². The van der Waals surface area contributed by atoms with E-state index < -0.39 is 0 Å². The average molecular weight is 303 g/mol. The van der Waals surface area contributed by atoms with Crippen molar-refractivity contribution in [3.63, 3.8) is 0 Å². The van der Waals surface area contributed by atoms with E-state index in [-0.39, 0.29) is 5.91 Å². The van der Waals surface area contributed by atoms with Gasteiger partial charge in [0.15, 0.2) is 0 Å². The Labute approximate surface area is 132 Å². The van der Waals surface area contributed by atoms with E-state index in [1.54, 1.807) is 0 Å². The van der Waals surface area contributed by atoms with Crippen LogP contribution in [0, 0.1) is 5.92 Å². The maximum absolute atomic E-state index is 12.5. The van der Waals surface area contributed by atoms with Crippen LogP contribution in [0.15, 0.2) is 24.3 Å². The Morgan fingerprint density at radius 3 is 2.86 bits per heavy atom. The van der Waals surface area contributed by atoms with Crippen LogP contribution in [-0.4, -0.2) is 42.7 Å². The Hall–Kier alpha value is -1.55. The van der Waals surface area contributed by atoms with Gasteiger partial charge >= 0.3 is 0 Å². The molecule has 0 spiro atoms. The molecule has 4 nitrogen and oxygen atoms in total. The van der Waals surface area contributed by atoms with Gasteiger partial charge in [-0.05, 0) is 44.4 Å². The van der Waals surface area contributed by atoms with Gasteiger partial charge in [-0.1, -0.05) is 12.1 Å². The summed E-state index contributed by atoms with van der Waals surface area (Å²) < 4.78 is 11.3. The highest BCUT2D eigenvalue weighted by Gasteiger charge is 2.38. The summed E-state index contributed by atoms with van der Waals surface area (Å²) in [5.74, 6) is 1.60. The van der Waals surface area contributed by atoms with Gasteiger partial charge in [-0.2, -0.15) is 0 Å². The predicted octanol–water partition coefficient (Wildman–Crippen LogP) is 2.65. The minimum atomic E-state index is 0.224. The molecule has 3 atom stereocenters. The lowest BCUT2D eigenvalue weighted by atomic mass is 9.92. The van der Waals surface area contributed by atoms with Crippen LogP contribution in [-0.2, 0) is 16.0 Å². The second-order valence-corrected chi connectivity index (χ2v) is 6.36. The summed E-state index contributed by atoms with van der Waals surface area (Å²) >= 11 is 0. The molecular formula is C18H25NO3. The maximum Gasteiger partial charge on any atom is 0.227 e. The molecule has 22 heavy (non-hydrogen) atoms. The van der Waals surface area contributed by atoms with Crippen LogP contribution < -0.4 is 4.74 Å². The predicted molar refractivity (Wildman–Crippen MR) is 85.0 cm³/mol. The lowest BCUT2D eigenvalue weighted by Crippen LogP contribution is -2.45. The van der Waals surface area contributed by atoms with Crippen molar-refractivity contribution < 1.29 is 14.3 Å². The second kappa shape index (κ2) is 6.69. The first-order valence-corrected chi connectivity index (χ1v) is 8.30. The third-order valence-corrected chi connectivity index (χ3v) is 4.65. The second-order valence-electron chi connectivity index (χ2n) is 6.36. The average Bonchev–Trinajstić information content (AvgIpc) is 2.88. The summed E-state index contributed by atoms with van der Waals surface area (Å²) in [5.41, 5.74) is 1.05. The summed E-state index contributed by atoms with van der Waals surface area (Å²) in [7, 11) is 0. The summed E-state index contributed by atoms with van der Waals surface area (Å²) in [6, 6.07) is 7.84. The number of ether oxygens (including phenoxy) is 2. The van der Waals surface area contributed by atoms with E-state index in [9.17, 15) is 4.79 Å².